The first-order valence-corrected chi connectivity index (χ1v) is 12.7. The Bertz CT molecular complexity index is 1100. The molecule has 0 fully saturated rings. The highest BCUT2D eigenvalue weighted by Crippen LogP contribution is 2.26. The van der Waals surface area contributed by atoms with Gasteiger partial charge in [0.1, 0.15) is 0 Å². The Hall–Kier alpha value is -1.81. The van der Waals surface area contributed by atoms with E-state index in [9.17, 15) is 8.42 Å². The van der Waals surface area contributed by atoms with E-state index in [1.54, 1.807) is 48.3 Å². The lowest BCUT2D eigenvalue weighted by Crippen LogP contribution is -2.45. The van der Waals surface area contributed by atoms with E-state index < -0.39 is 10.0 Å². The number of nitrogens with one attached hydrogen (secondary N) is 1. The Kier molecular flexibility index (Phi) is 8.59. The van der Waals surface area contributed by atoms with Crippen molar-refractivity contribution in [1.29, 1.82) is 0 Å². The molecule has 0 saturated carbocycles. The number of pyridine rings is 1. The molecule has 2 aromatic carbocycles. The normalized spacial score (nSPS) is 11.5. The molecule has 0 bridgehead atoms. The maximum Gasteiger partial charge on any atom is 0.279 e. The van der Waals surface area contributed by atoms with Gasteiger partial charge < -0.3 is 5.73 Å². The molecule has 0 atom stereocenters. The number of aromatic nitrogens is 1. The van der Waals surface area contributed by atoms with Gasteiger partial charge in [0.25, 0.3) is 10.0 Å². The molecule has 6 nitrogen and oxygen atoms in total. The van der Waals surface area contributed by atoms with Gasteiger partial charge in [0.05, 0.1) is 4.90 Å². The highest BCUT2D eigenvalue weighted by atomic mass is 35.5. The molecule has 3 aromatic rings. The third-order valence-electron chi connectivity index (χ3n) is 4.25. The van der Waals surface area contributed by atoms with Gasteiger partial charge in [0.15, 0.2) is 5.82 Å². The van der Waals surface area contributed by atoms with Crippen LogP contribution < -0.4 is 15.6 Å². The molecule has 3 rings (SSSR count). The zero-order valence-corrected chi connectivity index (χ0v) is 19.7. The molecule has 10 heteroatoms. The zero-order valence-electron chi connectivity index (χ0n) is 16.5. The van der Waals surface area contributed by atoms with Gasteiger partial charge in [0, 0.05) is 33.4 Å². The van der Waals surface area contributed by atoms with Crippen LogP contribution in [0.15, 0.2) is 76.7 Å². The van der Waals surface area contributed by atoms with Crippen molar-refractivity contribution in [3.8, 4) is 0 Å². The van der Waals surface area contributed by atoms with Crippen LogP contribution in [0.3, 0.4) is 0 Å². The lowest BCUT2D eigenvalue weighted by Gasteiger charge is -2.25. The third-order valence-corrected chi connectivity index (χ3v) is 7.50. The number of thioether (sulfide) groups is 1. The molecule has 3 N–H and O–H groups in total. The van der Waals surface area contributed by atoms with Crippen molar-refractivity contribution in [3.05, 3.63) is 82.5 Å². The van der Waals surface area contributed by atoms with Gasteiger partial charge >= 0.3 is 0 Å². The largest absolute Gasteiger partial charge is 0.330 e. The summed E-state index contributed by atoms with van der Waals surface area (Å²) in [5.41, 5.74) is 9.26. The third kappa shape index (κ3) is 6.35. The highest BCUT2D eigenvalue weighted by molar-refractivity contribution is 7.99. The first-order valence-electron chi connectivity index (χ1n) is 9.48. The number of hydrogen-bond donors (Lipinski definition) is 2. The molecule has 1 aromatic heterocycles. The summed E-state index contributed by atoms with van der Waals surface area (Å²) in [6.45, 7) is 0.695. The minimum Gasteiger partial charge on any atom is -0.330 e. The number of nitrogens with two attached hydrogens (primary N) is 1. The molecule has 31 heavy (non-hydrogen) atoms. The molecule has 0 amide bonds. The number of nitrogens with zero attached hydrogens (tertiary/aromatic N) is 2. The van der Waals surface area contributed by atoms with Crippen LogP contribution in [0.25, 0.3) is 0 Å². The second kappa shape index (κ2) is 11.2. The first-order chi connectivity index (χ1) is 14.9. The number of halogens is 2. The van der Waals surface area contributed by atoms with Gasteiger partial charge in [-0.25, -0.2) is 10.4 Å². The van der Waals surface area contributed by atoms with Crippen molar-refractivity contribution < 1.29 is 8.42 Å². The topological polar surface area (TPSA) is 88.3 Å². The average molecular weight is 497 g/mol. The molecule has 0 aliphatic rings. The predicted molar refractivity (Wildman–Crippen MR) is 128 cm³/mol. The monoisotopic (exact) mass is 496 g/mol. The maximum absolute atomic E-state index is 13.6. The summed E-state index contributed by atoms with van der Waals surface area (Å²) in [5.74, 6) is 0.907. The Morgan fingerprint density at radius 1 is 1.03 bits per heavy atom. The molecular weight excluding hydrogens is 475 g/mol. The number of rotatable bonds is 10. The fraction of sp³-hybridized carbons (Fsp3) is 0.190. The van der Waals surface area contributed by atoms with Crippen molar-refractivity contribution >= 4 is 50.8 Å². The van der Waals surface area contributed by atoms with Crippen LogP contribution in [-0.2, 0) is 16.4 Å². The fourth-order valence-corrected chi connectivity index (χ4v) is 5.48. The lowest BCUT2D eigenvalue weighted by atomic mass is 10.1. The summed E-state index contributed by atoms with van der Waals surface area (Å²) in [7, 11) is -3.96. The van der Waals surface area contributed by atoms with Gasteiger partial charge in [-0.3, -0.25) is 0 Å². The summed E-state index contributed by atoms with van der Waals surface area (Å²) in [5, 5.41) is 1.13. The van der Waals surface area contributed by atoms with Crippen LogP contribution >= 0.6 is 35.0 Å². The first kappa shape index (κ1) is 23.8. The second-order valence-corrected chi connectivity index (χ2v) is 10.3. The van der Waals surface area contributed by atoms with E-state index in [1.165, 1.54) is 6.07 Å². The summed E-state index contributed by atoms with van der Waals surface area (Å²) >= 11 is 13.6. The Labute approximate surface area is 196 Å². The molecular formula is C21H22Cl2N4O2S2. The van der Waals surface area contributed by atoms with Crippen LogP contribution in [0.2, 0.25) is 10.0 Å². The summed E-state index contributed by atoms with van der Waals surface area (Å²) in [4.78, 5) is 5.41. The molecule has 0 aliphatic heterocycles. The van der Waals surface area contributed by atoms with Crippen molar-refractivity contribution in [3.63, 3.8) is 0 Å². The smallest absolute Gasteiger partial charge is 0.279 e. The number of sulfonamides is 1. The van der Waals surface area contributed by atoms with Crippen LogP contribution in [0.5, 0.6) is 0 Å². The molecule has 0 radical (unpaired) electrons. The van der Waals surface area contributed by atoms with E-state index in [0.717, 1.165) is 9.31 Å². The van der Waals surface area contributed by atoms with Crippen molar-refractivity contribution in [1.82, 2.24) is 10.4 Å². The number of benzene rings is 2. The van der Waals surface area contributed by atoms with Crippen LogP contribution in [0.1, 0.15) is 5.56 Å². The van der Waals surface area contributed by atoms with Gasteiger partial charge in [0.2, 0.25) is 0 Å². The van der Waals surface area contributed by atoms with Crippen molar-refractivity contribution in [2.45, 2.75) is 16.2 Å². The van der Waals surface area contributed by atoms with E-state index in [-0.39, 0.29) is 10.7 Å². The van der Waals surface area contributed by atoms with E-state index >= 15 is 0 Å². The molecule has 0 saturated heterocycles. The van der Waals surface area contributed by atoms with E-state index in [4.69, 9.17) is 28.9 Å². The summed E-state index contributed by atoms with van der Waals surface area (Å²) in [6, 6.07) is 17.3. The zero-order chi connectivity index (χ0) is 22.3. The van der Waals surface area contributed by atoms with Crippen LogP contribution in [0, 0.1) is 0 Å². The number of hydrazine groups is 1. The molecule has 164 valence electrons. The summed E-state index contributed by atoms with van der Waals surface area (Å²) < 4.78 is 28.2. The average Bonchev–Trinajstić information content (AvgIpc) is 2.75. The standard InChI is InChI=1S/C21H22Cl2N4O2S2/c22-17-4-7-19(8-5-17)30-14-13-26-27(21-3-1-2-12-25-21)31(28,29)20-9-6-18(23)15-16(20)10-11-24/h1-9,12,15,26H,10-11,13-14,24H2. The van der Waals surface area contributed by atoms with Crippen molar-refractivity contribution in [2.24, 2.45) is 5.73 Å². The molecule has 0 unspecified atom stereocenters. The molecule has 1 heterocycles. The summed E-state index contributed by atoms with van der Waals surface area (Å²) in [6.07, 6.45) is 1.93. The Morgan fingerprint density at radius 3 is 2.45 bits per heavy atom. The minimum absolute atomic E-state index is 0.144. The van der Waals surface area contributed by atoms with Gasteiger partial charge in [-0.1, -0.05) is 29.3 Å². The Balaban J connectivity index is 1.83. The lowest BCUT2D eigenvalue weighted by molar-refractivity contribution is 0.578. The van der Waals surface area contributed by atoms with Gasteiger partial charge in [-0.15, -0.1) is 11.8 Å². The van der Waals surface area contributed by atoms with E-state index in [2.05, 4.69) is 10.4 Å². The number of hydrogen-bond acceptors (Lipinski definition) is 6. The van der Waals surface area contributed by atoms with Crippen LogP contribution in [-0.4, -0.2) is 32.2 Å². The Morgan fingerprint density at radius 2 is 1.77 bits per heavy atom. The molecule has 0 aliphatic carbocycles. The van der Waals surface area contributed by atoms with Gasteiger partial charge in [-0.05, 0) is 73.1 Å². The predicted octanol–water partition coefficient (Wildman–Crippen LogP) is 4.38. The second-order valence-electron chi connectivity index (χ2n) is 6.46. The number of anilines is 1. The highest BCUT2D eigenvalue weighted by Gasteiger charge is 2.28. The maximum atomic E-state index is 13.6. The molecule has 0 spiro atoms. The van der Waals surface area contributed by atoms with Crippen molar-refractivity contribution in [2.75, 3.05) is 23.3 Å². The minimum atomic E-state index is -3.96. The quantitative estimate of drug-likeness (QED) is 0.246. The van der Waals surface area contributed by atoms with E-state index in [1.807, 2.05) is 24.3 Å². The van der Waals surface area contributed by atoms with Crippen LogP contribution in [0.4, 0.5) is 5.82 Å². The van der Waals surface area contributed by atoms with E-state index in [0.29, 0.717) is 40.9 Å². The fourth-order valence-electron chi connectivity index (χ4n) is 2.86. The SMILES string of the molecule is NCCc1cc(Cl)ccc1S(=O)(=O)N(NCCSc1ccc(Cl)cc1)c1ccccn1. The van der Waals surface area contributed by atoms with Gasteiger partial charge in [-0.2, -0.15) is 12.8 Å².